The van der Waals surface area contributed by atoms with Crippen molar-refractivity contribution < 1.29 is 18.7 Å². The minimum atomic E-state index is -0.265. The highest BCUT2D eigenvalue weighted by Gasteiger charge is 2.46. The van der Waals surface area contributed by atoms with Crippen LogP contribution in [0.25, 0.3) is 0 Å². The number of rotatable bonds is 9. The van der Waals surface area contributed by atoms with Crippen molar-refractivity contribution in [3.8, 4) is 5.75 Å². The van der Waals surface area contributed by atoms with Crippen molar-refractivity contribution in [2.45, 2.75) is 57.5 Å². The zero-order valence-electron chi connectivity index (χ0n) is 25.8. The van der Waals surface area contributed by atoms with Crippen LogP contribution < -0.4 is 9.64 Å². The van der Waals surface area contributed by atoms with Gasteiger partial charge in [-0.2, -0.15) is 0 Å². The van der Waals surface area contributed by atoms with E-state index < -0.39 is 0 Å². The summed E-state index contributed by atoms with van der Waals surface area (Å²) in [4.78, 5) is 31.9. The third-order valence-corrected chi connectivity index (χ3v) is 9.72. The zero-order valence-corrected chi connectivity index (χ0v) is 27.3. The fraction of sp³-hybridized carbons (Fsp3) is 0.429. The molecule has 9 heteroatoms. The minimum Gasteiger partial charge on any atom is -0.491 e. The van der Waals surface area contributed by atoms with E-state index in [9.17, 15) is 14.0 Å². The summed E-state index contributed by atoms with van der Waals surface area (Å²) in [5.74, 6) is 0.338. The smallest absolute Gasteiger partial charge is 0.253 e. The molecule has 0 aliphatic carbocycles. The molecule has 0 radical (unpaired) electrons. The van der Waals surface area contributed by atoms with E-state index in [0.717, 1.165) is 55.7 Å². The van der Waals surface area contributed by atoms with Crippen LogP contribution in [0, 0.1) is 5.82 Å². The second-order valence-electron chi connectivity index (χ2n) is 12.4. The normalized spacial score (nSPS) is 16.7. The number of hydrogen-bond acceptors (Lipinski definition) is 4. The van der Waals surface area contributed by atoms with Gasteiger partial charge >= 0.3 is 0 Å². The summed E-state index contributed by atoms with van der Waals surface area (Å²) in [5.41, 5.74) is 3.16. The van der Waals surface area contributed by atoms with Gasteiger partial charge in [0.15, 0.2) is 0 Å². The standard InChI is InChI=1S/C35H40Cl2FN3O3/c1-23(2)44-29-7-5-6-26(18-29)34(43)39(4)21-27(25-8-10-31(36)32(37)19-25)12-15-40-16-13-35(14-17-40)22-41(24(3)42)33-11-9-28(38)20-30(33)35/h5-11,18-20,23,27H,12-17,21-22H2,1-4H3/t27-/m1/s1. The van der Waals surface area contributed by atoms with E-state index in [-0.39, 0.29) is 35.1 Å². The molecule has 0 aromatic heterocycles. The molecule has 0 N–H and O–H groups in total. The summed E-state index contributed by atoms with van der Waals surface area (Å²) in [5, 5.41) is 0.985. The van der Waals surface area contributed by atoms with Gasteiger partial charge in [-0.05, 0) is 112 Å². The molecule has 2 amide bonds. The van der Waals surface area contributed by atoms with Gasteiger partial charge in [0.05, 0.1) is 16.1 Å². The molecule has 44 heavy (non-hydrogen) atoms. The Labute approximate surface area is 269 Å². The first-order valence-corrected chi connectivity index (χ1v) is 16.0. The Morgan fingerprint density at radius 3 is 2.45 bits per heavy atom. The Bertz CT molecular complexity index is 1520. The van der Waals surface area contributed by atoms with E-state index in [4.69, 9.17) is 27.9 Å². The zero-order chi connectivity index (χ0) is 31.6. The van der Waals surface area contributed by atoms with Gasteiger partial charge in [-0.15, -0.1) is 0 Å². The molecule has 0 bridgehead atoms. The highest BCUT2D eigenvalue weighted by molar-refractivity contribution is 6.42. The Balaban J connectivity index is 1.28. The molecule has 1 fully saturated rings. The van der Waals surface area contributed by atoms with Crippen molar-refractivity contribution in [1.29, 1.82) is 0 Å². The summed E-state index contributed by atoms with van der Waals surface area (Å²) in [7, 11) is 1.82. The van der Waals surface area contributed by atoms with Gasteiger partial charge in [0.2, 0.25) is 5.91 Å². The van der Waals surface area contributed by atoms with Gasteiger partial charge in [-0.1, -0.05) is 35.3 Å². The van der Waals surface area contributed by atoms with Crippen LogP contribution in [-0.4, -0.2) is 67.5 Å². The molecule has 1 spiro atoms. The average molecular weight is 641 g/mol. The third kappa shape index (κ3) is 7.06. The van der Waals surface area contributed by atoms with Crippen molar-refractivity contribution in [2.24, 2.45) is 0 Å². The number of likely N-dealkylation sites (N-methyl/N-ethyl adjacent to an activating group) is 1. The summed E-state index contributed by atoms with van der Waals surface area (Å²) in [6.07, 6.45) is 2.51. The number of carbonyl (C=O) groups excluding carboxylic acids is 2. The summed E-state index contributed by atoms with van der Waals surface area (Å²) in [6.45, 7) is 9.09. The van der Waals surface area contributed by atoms with Crippen molar-refractivity contribution >= 4 is 40.7 Å². The van der Waals surface area contributed by atoms with Gasteiger partial charge in [-0.25, -0.2) is 4.39 Å². The molecule has 6 nitrogen and oxygen atoms in total. The molecule has 0 unspecified atom stereocenters. The number of ether oxygens (including phenoxy) is 1. The Hall–Kier alpha value is -3.13. The first kappa shape index (κ1) is 32.3. The predicted octanol–water partition coefficient (Wildman–Crippen LogP) is 7.57. The Morgan fingerprint density at radius 2 is 1.77 bits per heavy atom. The minimum absolute atomic E-state index is 0.0134. The Kier molecular flexibility index (Phi) is 9.88. The fourth-order valence-electron chi connectivity index (χ4n) is 6.63. The molecule has 3 aromatic carbocycles. The van der Waals surface area contributed by atoms with Gasteiger partial charge in [-0.3, -0.25) is 9.59 Å². The van der Waals surface area contributed by atoms with Gasteiger partial charge in [0, 0.05) is 49.6 Å². The highest BCUT2D eigenvalue weighted by Crippen LogP contribution is 2.47. The van der Waals surface area contributed by atoms with Gasteiger partial charge in [0.1, 0.15) is 11.6 Å². The molecule has 2 aliphatic heterocycles. The molecular weight excluding hydrogens is 600 g/mol. The van der Waals surface area contributed by atoms with Crippen LogP contribution in [0.4, 0.5) is 10.1 Å². The van der Waals surface area contributed by atoms with Crippen LogP contribution in [0.5, 0.6) is 5.75 Å². The molecule has 2 aliphatic rings. The average Bonchev–Trinajstić information content (AvgIpc) is 3.30. The van der Waals surface area contributed by atoms with E-state index in [1.54, 1.807) is 34.9 Å². The van der Waals surface area contributed by atoms with Crippen LogP contribution in [0.3, 0.4) is 0 Å². The SMILES string of the molecule is CC(=O)N1CC2(CCN(CC[C@H](CN(C)C(=O)c3cccc(OC(C)C)c3)c3ccc(Cl)c(Cl)c3)CC2)c2cc(F)ccc21. The maximum Gasteiger partial charge on any atom is 0.253 e. The number of benzene rings is 3. The lowest BCUT2D eigenvalue weighted by atomic mass is 9.74. The maximum atomic E-state index is 14.3. The fourth-order valence-corrected chi connectivity index (χ4v) is 6.94. The number of nitrogens with zero attached hydrogens (tertiary/aromatic N) is 3. The first-order valence-electron chi connectivity index (χ1n) is 15.2. The number of amides is 2. The molecule has 234 valence electrons. The van der Waals surface area contributed by atoms with E-state index in [1.807, 2.05) is 57.3 Å². The van der Waals surface area contributed by atoms with Crippen molar-refractivity contribution in [2.75, 3.05) is 44.7 Å². The van der Waals surface area contributed by atoms with Crippen LogP contribution in [0.1, 0.15) is 67.4 Å². The van der Waals surface area contributed by atoms with E-state index >= 15 is 0 Å². The van der Waals surface area contributed by atoms with Gasteiger partial charge in [0.25, 0.3) is 5.91 Å². The number of hydrogen-bond donors (Lipinski definition) is 0. The summed E-state index contributed by atoms with van der Waals surface area (Å²) in [6, 6.07) is 17.8. The van der Waals surface area contributed by atoms with Crippen LogP contribution in [-0.2, 0) is 10.2 Å². The molecule has 1 atom stereocenters. The summed E-state index contributed by atoms with van der Waals surface area (Å²) < 4.78 is 20.1. The molecule has 0 saturated carbocycles. The lowest BCUT2D eigenvalue weighted by Crippen LogP contribution is -2.46. The highest BCUT2D eigenvalue weighted by atomic mass is 35.5. The van der Waals surface area contributed by atoms with Crippen molar-refractivity contribution in [1.82, 2.24) is 9.80 Å². The predicted molar refractivity (Wildman–Crippen MR) is 175 cm³/mol. The first-order chi connectivity index (χ1) is 21.0. The largest absolute Gasteiger partial charge is 0.491 e. The van der Waals surface area contributed by atoms with E-state index in [2.05, 4.69) is 4.90 Å². The van der Waals surface area contributed by atoms with E-state index in [1.165, 1.54) is 6.07 Å². The van der Waals surface area contributed by atoms with Crippen LogP contribution >= 0.6 is 23.2 Å². The maximum absolute atomic E-state index is 14.3. The topological polar surface area (TPSA) is 53.1 Å². The van der Waals surface area contributed by atoms with Crippen molar-refractivity contribution in [3.63, 3.8) is 0 Å². The lowest BCUT2D eigenvalue weighted by molar-refractivity contribution is -0.116. The number of fused-ring (bicyclic) bond motifs is 2. The molecule has 1 saturated heterocycles. The number of carbonyl (C=O) groups is 2. The van der Waals surface area contributed by atoms with Crippen LogP contribution in [0.15, 0.2) is 60.7 Å². The monoisotopic (exact) mass is 639 g/mol. The second-order valence-corrected chi connectivity index (χ2v) is 13.2. The Morgan fingerprint density at radius 1 is 1.02 bits per heavy atom. The van der Waals surface area contributed by atoms with Crippen molar-refractivity contribution in [3.05, 3.63) is 93.2 Å². The molecule has 5 rings (SSSR count). The number of piperidine rings is 1. The number of likely N-dealkylation sites (tertiary alicyclic amines) is 1. The quantitative estimate of drug-likeness (QED) is 0.242. The van der Waals surface area contributed by atoms with E-state index in [0.29, 0.717) is 34.4 Å². The molecular formula is C35H40Cl2FN3O3. The molecule has 3 aromatic rings. The second kappa shape index (κ2) is 13.5. The number of anilines is 1. The number of halogens is 3. The summed E-state index contributed by atoms with van der Waals surface area (Å²) >= 11 is 12.7. The molecule has 2 heterocycles. The van der Waals surface area contributed by atoms with Crippen LogP contribution in [0.2, 0.25) is 10.0 Å². The van der Waals surface area contributed by atoms with Gasteiger partial charge < -0.3 is 19.4 Å². The third-order valence-electron chi connectivity index (χ3n) is 8.98. The lowest BCUT2D eigenvalue weighted by Gasteiger charge is -2.40.